The minimum Gasteiger partial charge on any atom is -0.369 e. The molecule has 2 aromatic heterocycles. The van der Waals surface area contributed by atoms with Crippen molar-refractivity contribution in [3.8, 4) is 22.3 Å². The summed E-state index contributed by atoms with van der Waals surface area (Å²) < 4.78 is 22.3. The normalized spacial score (nSPS) is 21.7. The highest BCUT2D eigenvalue weighted by molar-refractivity contribution is 6.34. The number of rotatable bonds is 5. The van der Waals surface area contributed by atoms with Crippen molar-refractivity contribution < 1.29 is 18.7 Å². The molecule has 0 radical (unpaired) electrons. The molecule has 1 unspecified atom stereocenters. The third-order valence-electron chi connectivity index (χ3n) is 12.7. The van der Waals surface area contributed by atoms with Crippen molar-refractivity contribution in [3.63, 3.8) is 0 Å². The highest BCUT2D eigenvalue weighted by atomic mass is 35.5. The third-order valence-corrected chi connectivity index (χ3v) is 13.1. The van der Waals surface area contributed by atoms with E-state index in [1.807, 2.05) is 35.4 Å². The first-order chi connectivity index (χ1) is 26.3. The Morgan fingerprint density at radius 1 is 0.870 bits per heavy atom. The maximum atomic E-state index is 16.0. The van der Waals surface area contributed by atoms with Crippen molar-refractivity contribution in [2.45, 2.75) is 62.0 Å². The molecule has 276 valence electrons. The van der Waals surface area contributed by atoms with Crippen molar-refractivity contribution >= 4 is 35.1 Å². The van der Waals surface area contributed by atoms with Crippen LogP contribution in [0.2, 0.25) is 5.02 Å². The van der Waals surface area contributed by atoms with Crippen LogP contribution in [0.3, 0.4) is 0 Å². The molecular weight excluding hydrogens is 703 g/mol. The molecule has 2 saturated heterocycles. The van der Waals surface area contributed by atoms with Crippen molar-refractivity contribution in [2.24, 2.45) is 0 Å². The fraction of sp³-hybridized carbons (Fsp3) is 0.395. The van der Waals surface area contributed by atoms with Gasteiger partial charge >= 0.3 is 0 Å². The van der Waals surface area contributed by atoms with E-state index < -0.39 is 5.82 Å². The topological polar surface area (TPSA) is 90.9 Å². The van der Waals surface area contributed by atoms with Crippen LogP contribution in [0, 0.1) is 5.82 Å². The van der Waals surface area contributed by atoms with Gasteiger partial charge in [0.2, 0.25) is 0 Å². The number of likely N-dealkylation sites (tertiary alicyclic amines) is 1. The Morgan fingerprint density at radius 3 is 2.44 bits per heavy atom. The number of nitrogens with zero attached hydrogens (tertiary/aromatic N) is 5. The molecule has 1 atom stereocenters. The Labute approximate surface area is 319 Å². The molecule has 0 bridgehead atoms. The highest BCUT2D eigenvalue weighted by Gasteiger charge is 2.54. The lowest BCUT2D eigenvalue weighted by molar-refractivity contribution is -0.0223. The lowest BCUT2D eigenvalue weighted by Crippen LogP contribution is -2.53. The first-order valence-corrected chi connectivity index (χ1v) is 19.7. The number of hydrogen-bond acceptors (Lipinski definition) is 7. The summed E-state index contributed by atoms with van der Waals surface area (Å²) in [6.07, 6.45) is 14.5. The van der Waals surface area contributed by atoms with Gasteiger partial charge in [0, 0.05) is 89.3 Å². The largest absolute Gasteiger partial charge is 0.369 e. The minimum absolute atomic E-state index is 0.0387. The number of pyridine rings is 2. The van der Waals surface area contributed by atoms with Gasteiger partial charge in [0.05, 0.1) is 23.7 Å². The molecule has 2 aliphatic carbocycles. The van der Waals surface area contributed by atoms with Crippen LogP contribution >= 0.6 is 11.6 Å². The number of anilines is 2. The van der Waals surface area contributed by atoms with Crippen LogP contribution in [-0.4, -0.2) is 83.7 Å². The molecule has 2 aromatic carbocycles. The van der Waals surface area contributed by atoms with E-state index in [1.165, 1.54) is 0 Å². The maximum Gasteiger partial charge on any atom is 0.256 e. The first kappa shape index (κ1) is 33.7. The summed E-state index contributed by atoms with van der Waals surface area (Å²) >= 11 is 7.07. The summed E-state index contributed by atoms with van der Waals surface area (Å²) in [7, 11) is 0. The minimum atomic E-state index is -0.494. The number of carbonyl (C=O) groups excluding carboxylic acids is 2. The maximum absolute atomic E-state index is 16.0. The summed E-state index contributed by atoms with van der Waals surface area (Å²) in [6.45, 7) is 4.20. The number of amides is 2. The summed E-state index contributed by atoms with van der Waals surface area (Å²) in [5, 5.41) is 4.17. The standard InChI is InChI=1S/C43H42ClFN6O3/c44-36-32(23-46-38-35(36)42(25-48-38)13-2-3-14-42)27-9-11-28(12-10-27)40(52)50-19-20-54-34(24-50)51-26-43(15-16-43)33-21-29(22-47-39(33)51)30-7-6-8-31(37(30)45)41(53)49-17-4-1-5-18-49/h2-3,6-12,21-23,34H,1,4-5,13-20,24-26H2,(H,46,48). The Morgan fingerprint density at radius 2 is 1.67 bits per heavy atom. The third kappa shape index (κ3) is 5.43. The highest BCUT2D eigenvalue weighted by Crippen LogP contribution is 2.57. The fourth-order valence-electron chi connectivity index (χ4n) is 9.39. The van der Waals surface area contributed by atoms with Crippen LogP contribution in [0.25, 0.3) is 22.3 Å². The number of ether oxygens (including phenoxy) is 1. The van der Waals surface area contributed by atoms with Gasteiger partial charge in [0.1, 0.15) is 23.7 Å². The fourth-order valence-corrected chi connectivity index (χ4v) is 9.84. The molecule has 54 heavy (non-hydrogen) atoms. The van der Waals surface area contributed by atoms with E-state index in [2.05, 4.69) is 28.4 Å². The number of hydrogen-bond donors (Lipinski definition) is 1. The van der Waals surface area contributed by atoms with E-state index in [9.17, 15) is 9.59 Å². The SMILES string of the molecule is O=C(c1ccc(-c2cnc3c(c2Cl)C2(CC=CC2)CN3)cc1)N1CCOC(N2CC3(CC3)c3cc(-c4cccc(C(=O)N5CCCCC5)c4F)cnc32)C1. The Kier molecular flexibility index (Phi) is 8.07. The van der Waals surface area contributed by atoms with E-state index in [0.717, 1.165) is 96.9 Å². The quantitative estimate of drug-likeness (QED) is 0.211. The monoisotopic (exact) mass is 744 g/mol. The van der Waals surface area contributed by atoms with Crippen LogP contribution in [0.4, 0.5) is 16.0 Å². The van der Waals surface area contributed by atoms with Gasteiger partial charge in [-0.2, -0.15) is 0 Å². The van der Waals surface area contributed by atoms with Crippen LogP contribution in [0.15, 0.2) is 73.1 Å². The zero-order valence-electron chi connectivity index (χ0n) is 30.1. The lowest BCUT2D eigenvalue weighted by Gasteiger charge is -2.38. The van der Waals surface area contributed by atoms with E-state index >= 15 is 4.39 Å². The number of aromatic nitrogens is 2. The van der Waals surface area contributed by atoms with Gasteiger partial charge < -0.3 is 24.8 Å². The van der Waals surface area contributed by atoms with E-state index in [1.54, 1.807) is 29.3 Å². The molecule has 9 nitrogen and oxygen atoms in total. The molecule has 11 heteroatoms. The number of nitrogens with one attached hydrogen (secondary N) is 1. The van der Waals surface area contributed by atoms with Gasteiger partial charge in [-0.15, -0.1) is 0 Å². The Hall–Kier alpha value is -4.80. The summed E-state index contributed by atoms with van der Waals surface area (Å²) in [5.74, 6) is 0.903. The van der Waals surface area contributed by atoms with Gasteiger partial charge in [-0.05, 0) is 74.8 Å². The second-order valence-electron chi connectivity index (χ2n) is 15.9. The average Bonchev–Trinajstić information content (AvgIpc) is 3.51. The molecule has 3 fully saturated rings. The number of allylic oxidation sites excluding steroid dienone is 2. The van der Waals surface area contributed by atoms with Gasteiger partial charge in [-0.3, -0.25) is 9.59 Å². The number of carbonyl (C=O) groups is 2. The number of halogens is 2. The van der Waals surface area contributed by atoms with Crippen molar-refractivity contribution in [1.82, 2.24) is 19.8 Å². The van der Waals surface area contributed by atoms with Gasteiger partial charge in [0.25, 0.3) is 11.8 Å². The van der Waals surface area contributed by atoms with Crippen molar-refractivity contribution in [2.75, 3.05) is 56.1 Å². The molecule has 4 aromatic rings. The average molecular weight is 745 g/mol. The van der Waals surface area contributed by atoms with Crippen molar-refractivity contribution in [1.29, 1.82) is 0 Å². The van der Waals surface area contributed by atoms with E-state index in [4.69, 9.17) is 26.3 Å². The molecule has 6 heterocycles. The molecular formula is C43H42ClFN6O3. The van der Waals surface area contributed by atoms with Crippen LogP contribution in [0.5, 0.6) is 0 Å². The van der Waals surface area contributed by atoms with Crippen LogP contribution in [0.1, 0.15) is 76.8 Å². The molecule has 10 rings (SSSR count). The molecule has 4 aliphatic heterocycles. The van der Waals surface area contributed by atoms with Gasteiger partial charge in [-0.25, -0.2) is 14.4 Å². The first-order valence-electron chi connectivity index (χ1n) is 19.3. The number of benzene rings is 2. The summed E-state index contributed by atoms with van der Waals surface area (Å²) in [4.78, 5) is 42.6. The number of fused-ring (bicyclic) bond motifs is 4. The summed E-state index contributed by atoms with van der Waals surface area (Å²) in [6, 6.07) is 14.8. The number of piperidine rings is 1. The molecule has 2 amide bonds. The summed E-state index contributed by atoms with van der Waals surface area (Å²) in [5.41, 5.74) is 5.64. The second-order valence-corrected chi connectivity index (χ2v) is 16.3. The zero-order valence-corrected chi connectivity index (χ0v) is 30.9. The molecule has 2 spiro atoms. The predicted molar refractivity (Wildman–Crippen MR) is 207 cm³/mol. The van der Waals surface area contributed by atoms with E-state index in [0.29, 0.717) is 49.5 Å². The van der Waals surface area contributed by atoms with E-state index in [-0.39, 0.29) is 34.4 Å². The second kappa shape index (κ2) is 12.9. The Balaban J connectivity index is 0.865. The molecule has 6 aliphatic rings. The molecule has 1 saturated carbocycles. The Bertz CT molecular complexity index is 2210. The van der Waals surface area contributed by atoms with Gasteiger partial charge in [-0.1, -0.05) is 48.0 Å². The molecule has 1 N–H and O–H groups in total. The van der Waals surface area contributed by atoms with Crippen LogP contribution in [-0.2, 0) is 15.6 Å². The predicted octanol–water partition coefficient (Wildman–Crippen LogP) is 7.59. The van der Waals surface area contributed by atoms with Crippen LogP contribution < -0.4 is 10.2 Å². The van der Waals surface area contributed by atoms with Crippen molar-refractivity contribution in [3.05, 3.63) is 106 Å². The number of morpholine rings is 1. The zero-order chi connectivity index (χ0) is 36.6. The van der Waals surface area contributed by atoms with Gasteiger partial charge in [0.15, 0.2) is 0 Å². The lowest BCUT2D eigenvalue weighted by atomic mass is 9.80. The smallest absolute Gasteiger partial charge is 0.256 e.